The Hall–Kier alpha value is -1.82. The number of hydrogen-bond acceptors (Lipinski definition) is 6. The highest BCUT2D eigenvalue weighted by atomic mass is 32.2. The van der Waals surface area contributed by atoms with Crippen LogP contribution in [0.15, 0.2) is 27.8 Å². The Balaban J connectivity index is 1.57. The lowest BCUT2D eigenvalue weighted by Crippen LogP contribution is -2.36. The Bertz CT molecular complexity index is 798. The molecule has 0 bridgehead atoms. The number of thioether (sulfide) groups is 1. The first kappa shape index (κ1) is 20.9. The second kappa shape index (κ2) is 9.12. The van der Waals surface area contributed by atoms with Gasteiger partial charge in [0.1, 0.15) is 11.9 Å². The molecular formula is C22H30N2O3S. The predicted molar refractivity (Wildman–Crippen MR) is 111 cm³/mol. The van der Waals surface area contributed by atoms with Gasteiger partial charge in [-0.15, -0.1) is 10.2 Å². The number of carbonyl (C=O) groups is 1. The molecule has 1 aliphatic carbocycles. The van der Waals surface area contributed by atoms with Gasteiger partial charge in [-0.25, -0.2) is 0 Å². The molecule has 2 aromatic rings. The van der Waals surface area contributed by atoms with Crippen LogP contribution in [-0.4, -0.2) is 28.0 Å². The van der Waals surface area contributed by atoms with Gasteiger partial charge in [0.15, 0.2) is 0 Å². The van der Waals surface area contributed by atoms with E-state index < -0.39 is 0 Å². The zero-order valence-corrected chi connectivity index (χ0v) is 18.2. The molecule has 0 aliphatic heterocycles. The SMILES string of the molecule is Cc1cc(C)cc(-c2nnc(SCC(=O)O[C@@H]3C[C@H](C)CC[C@@H]3C(C)C)o2)c1. The average molecular weight is 403 g/mol. The van der Waals surface area contributed by atoms with Crippen LogP contribution in [0.25, 0.3) is 11.5 Å². The monoisotopic (exact) mass is 402 g/mol. The van der Waals surface area contributed by atoms with E-state index in [9.17, 15) is 4.79 Å². The zero-order valence-electron chi connectivity index (χ0n) is 17.4. The summed E-state index contributed by atoms with van der Waals surface area (Å²) in [7, 11) is 0. The Morgan fingerprint density at radius 3 is 2.61 bits per heavy atom. The lowest BCUT2D eigenvalue weighted by Gasteiger charge is -2.36. The maximum atomic E-state index is 12.4. The number of ether oxygens (including phenoxy) is 1. The van der Waals surface area contributed by atoms with Gasteiger partial charge in [0, 0.05) is 5.56 Å². The number of aromatic nitrogens is 2. The smallest absolute Gasteiger partial charge is 0.316 e. The average Bonchev–Trinajstić information content (AvgIpc) is 3.08. The summed E-state index contributed by atoms with van der Waals surface area (Å²) in [5.74, 6) is 2.03. The highest BCUT2D eigenvalue weighted by Crippen LogP contribution is 2.35. The summed E-state index contributed by atoms with van der Waals surface area (Å²) in [5, 5.41) is 8.57. The van der Waals surface area contributed by atoms with E-state index in [1.165, 1.54) is 18.2 Å². The molecule has 0 radical (unpaired) electrons. The van der Waals surface area contributed by atoms with E-state index in [1.54, 1.807) is 0 Å². The molecule has 6 heteroatoms. The molecule has 1 aromatic carbocycles. The molecule has 28 heavy (non-hydrogen) atoms. The number of benzene rings is 1. The van der Waals surface area contributed by atoms with E-state index in [0.717, 1.165) is 29.5 Å². The van der Waals surface area contributed by atoms with E-state index in [0.29, 0.717) is 28.9 Å². The van der Waals surface area contributed by atoms with Crippen molar-refractivity contribution in [3.05, 3.63) is 29.3 Å². The maximum absolute atomic E-state index is 12.4. The molecule has 3 atom stereocenters. The van der Waals surface area contributed by atoms with Crippen molar-refractivity contribution in [1.82, 2.24) is 10.2 Å². The maximum Gasteiger partial charge on any atom is 0.316 e. The number of aryl methyl sites for hydroxylation is 2. The fraction of sp³-hybridized carbons (Fsp3) is 0.591. The lowest BCUT2D eigenvalue weighted by molar-refractivity contribution is -0.152. The summed E-state index contributed by atoms with van der Waals surface area (Å²) in [4.78, 5) is 12.4. The lowest BCUT2D eigenvalue weighted by atomic mass is 9.75. The minimum Gasteiger partial charge on any atom is -0.461 e. The molecular weight excluding hydrogens is 372 g/mol. The van der Waals surface area contributed by atoms with E-state index in [1.807, 2.05) is 26.0 Å². The molecule has 152 valence electrons. The Labute approximate surface area is 171 Å². The number of carbonyl (C=O) groups excluding carboxylic acids is 1. The number of nitrogens with zero attached hydrogens (tertiary/aromatic N) is 2. The molecule has 0 N–H and O–H groups in total. The van der Waals surface area contributed by atoms with Crippen LogP contribution in [-0.2, 0) is 9.53 Å². The van der Waals surface area contributed by atoms with Crippen LogP contribution < -0.4 is 0 Å². The molecule has 1 heterocycles. The van der Waals surface area contributed by atoms with Crippen LogP contribution >= 0.6 is 11.8 Å². The normalized spacial score (nSPS) is 22.4. The zero-order chi connectivity index (χ0) is 20.3. The van der Waals surface area contributed by atoms with Gasteiger partial charge in [-0.3, -0.25) is 4.79 Å². The summed E-state index contributed by atoms with van der Waals surface area (Å²) in [6.45, 7) is 10.7. The quantitative estimate of drug-likeness (QED) is 0.473. The second-order valence-electron chi connectivity index (χ2n) is 8.39. The molecule has 1 aromatic heterocycles. The van der Waals surface area contributed by atoms with Crippen molar-refractivity contribution < 1.29 is 13.9 Å². The van der Waals surface area contributed by atoms with Gasteiger partial charge in [-0.2, -0.15) is 0 Å². The Morgan fingerprint density at radius 1 is 1.21 bits per heavy atom. The number of hydrogen-bond donors (Lipinski definition) is 0. The summed E-state index contributed by atoms with van der Waals surface area (Å²) in [5.41, 5.74) is 3.19. The Kier molecular flexibility index (Phi) is 6.81. The number of esters is 1. The fourth-order valence-corrected chi connectivity index (χ4v) is 4.60. The first-order valence-electron chi connectivity index (χ1n) is 10.1. The van der Waals surface area contributed by atoms with Gasteiger partial charge in [-0.05, 0) is 56.6 Å². The molecule has 0 spiro atoms. The fourth-order valence-electron chi connectivity index (χ4n) is 4.06. The van der Waals surface area contributed by atoms with E-state index in [4.69, 9.17) is 9.15 Å². The highest BCUT2D eigenvalue weighted by Gasteiger charge is 2.33. The van der Waals surface area contributed by atoms with Gasteiger partial charge >= 0.3 is 5.97 Å². The van der Waals surface area contributed by atoms with Crippen molar-refractivity contribution in [2.45, 2.75) is 65.2 Å². The van der Waals surface area contributed by atoms with Crippen molar-refractivity contribution in [2.75, 3.05) is 5.75 Å². The minimum absolute atomic E-state index is 0.0189. The molecule has 3 rings (SSSR count). The van der Waals surface area contributed by atoms with Crippen LogP contribution in [0, 0.1) is 31.6 Å². The van der Waals surface area contributed by atoms with Crippen LogP contribution in [0.3, 0.4) is 0 Å². The third-order valence-electron chi connectivity index (χ3n) is 5.43. The van der Waals surface area contributed by atoms with Gasteiger partial charge in [0.25, 0.3) is 5.22 Å². The van der Waals surface area contributed by atoms with Crippen LogP contribution in [0.2, 0.25) is 0 Å². The first-order chi connectivity index (χ1) is 13.3. The predicted octanol–water partition coefficient (Wildman–Crippen LogP) is 5.45. The topological polar surface area (TPSA) is 65.2 Å². The van der Waals surface area contributed by atoms with Crippen LogP contribution in [0.4, 0.5) is 0 Å². The van der Waals surface area contributed by atoms with Crippen molar-refractivity contribution in [3.8, 4) is 11.5 Å². The largest absolute Gasteiger partial charge is 0.461 e. The van der Waals surface area contributed by atoms with Crippen LogP contribution in [0.1, 0.15) is 51.2 Å². The van der Waals surface area contributed by atoms with E-state index >= 15 is 0 Å². The first-order valence-corrected chi connectivity index (χ1v) is 11.0. The van der Waals surface area contributed by atoms with Gasteiger partial charge in [-0.1, -0.05) is 56.1 Å². The van der Waals surface area contributed by atoms with Gasteiger partial charge < -0.3 is 9.15 Å². The summed E-state index contributed by atoms with van der Waals surface area (Å²) >= 11 is 1.24. The molecule has 0 saturated heterocycles. The molecule has 1 saturated carbocycles. The minimum atomic E-state index is -0.207. The van der Waals surface area contributed by atoms with Crippen LogP contribution in [0.5, 0.6) is 0 Å². The standard InChI is InChI=1S/C22H30N2O3S/c1-13(2)18-7-6-14(3)11-19(18)26-20(25)12-28-22-24-23-21(27-22)17-9-15(4)8-16(5)10-17/h8-10,13-14,18-19H,6-7,11-12H2,1-5H3/t14-,18-,19-/m1/s1. The third-order valence-corrected chi connectivity index (χ3v) is 6.22. The van der Waals surface area contributed by atoms with Crippen molar-refractivity contribution >= 4 is 17.7 Å². The second-order valence-corrected chi connectivity index (χ2v) is 9.32. The molecule has 0 unspecified atom stereocenters. The van der Waals surface area contributed by atoms with E-state index in [2.05, 4.69) is 37.0 Å². The van der Waals surface area contributed by atoms with Crippen molar-refractivity contribution in [3.63, 3.8) is 0 Å². The summed E-state index contributed by atoms with van der Waals surface area (Å²) < 4.78 is 11.6. The third kappa shape index (κ3) is 5.37. The summed E-state index contributed by atoms with van der Waals surface area (Å²) in [6, 6.07) is 6.13. The van der Waals surface area contributed by atoms with Gasteiger partial charge in [0.2, 0.25) is 5.89 Å². The Morgan fingerprint density at radius 2 is 1.93 bits per heavy atom. The van der Waals surface area contributed by atoms with Gasteiger partial charge in [0.05, 0.1) is 0 Å². The molecule has 1 fully saturated rings. The number of rotatable bonds is 6. The molecule has 0 amide bonds. The van der Waals surface area contributed by atoms with Crippen molar-refractivity contribution in [1.29, 1.82) is 0 Å². The molecule has 5 nitrogen and oxygen atoms in total. The van der Waals surface area contributed by atoms with Crippen molar-refractivity contribution in [2.24, 2.45) is 17.8 Å². The highest BCUT2D eigenvalue weighted by molar-refractivity contribution is 7.99. The molecule has 1 aliphatic rings. The van der Waals surface area contributed by atoms with E-state index in [-0.39, 0.29) is 17.8 Å². The summed E-state index contributed by atoms with van der Waals surface area (Å²) in [6.07, 6.45) is 3.32.